The van der Waals surface area contributed by atoms with Crippen LogP contribution in [0, 0.1) is 5.92 Å². The van der Waals surface area contributed by atoms with E-state index in [1.165, 1.54) is 0 Å². The van der Waals surface area contributed by atoms with E-state index in [9.17, 15) is 9.59 Å². The maximum Gasteiger partial charge on any atom is 0.261 e. The molecule has 0 radical (unpaired) electrons. The number of thiocarbonyl (C=S) groups is 1. The number of nitrogens with one attached hydrogen (secondary N) is 4. The molecule has 0 heterocycles. The van der Waals surface area contributed by atoms with E-state index in [0.29, 0.717) is 17.2 Å². The van der Waals surface area contributed by atoms with E-state index in [-0.39, 0.29) is 17.7 Å². The molecule has 126 valence electrons. The number of amides is 2. The first-order chi connectivity index (χ1) is 11.0. The predicted octanol–water partition coefficient (Wildman–Crippen LogP) is 1.35. The SMILES string of the molecule is CCNC(=S)NNC(=O)[C@@H](NC(=O)c1ccccc1)[C@@H](C)CC. The Kier molecular flexibility index (Phi) is 8.04. The molecule has 1 aromatic rings. The van der Waals surface area contributed by atoms with E-state index >= 15 is 0 Å². The normalized spacial score (nSPS) is 12.7. The molecule has 0 spiro atoms. The largest absolute Gasteiger partial charge is 0.362 e. The molecular weight excluding hydrogens is 312 g/mol. The molecule has 2 atom stereocenters. The van der Waals surface area contributed by atoms with Crippen LogP contribution < -0.4 is 21.5 Å². The molecule has 1 rings (SSSR count). The highest BCUT2D eigenvalue weighted by Gasteiger charge is 2.26. The average Bonchev–Trinajstić information content (AvgIpc) is 2.57. The van der Waals surface area contributed by atoms with Crippen molar-refractivity contribution in [2.75, 3.05) is 6.54 Å². The second kappa shape index (κ2) is 9.78. The first kappa shape index (κ1) is 18.9. The molecule has 0 bridgehead atoms. The van der Waals surface area contributed by atoms with E-state index < -0.39 is 6.04 Å². The average molecular weight is 336 g/mol. The fourth-order valence-corrected chi connectivity index (χ4v) is 2.11. The molecule has 2 amide bonds. The maximum atomic E-state index is 12.3. The third-order valence-electron chi connectivity index (χ3n) is 3.45. The number of carbonyl (C=O) groups is 2. The summed E-state index contributed by atoms with van der Waals surface area (Å²) in [7, 11) is 0. The number of hydrazine groups is 1. The van der Waals surface area contributed by atoms with Gasteiger partial charge in [-0.1, -0.05) is 38.5 Å². The zero-order valence-corrected chi connectivity index (χ0v) is 14.5. The topological polar surface area (TPSA) is 82.3 Å². The minimum atomic E-state index is -0.648. The minimum Gasteiger partial charge on any atom is -0.362 e. The van der Waals surface area contributed by atoms with Gasteiger partial charge in [-0.3, -0.25) is 20.4 Å². The summed E-state index contributed by atoms with van der Waals surface area (Å²) < 4.78 is 0. The lowest BCUT2D eigenvalue weighted by Crippen LogP contribution is -2.56. The van der Waals surface area contributed by atoms with Crippen molar-refractivity contribution in [3.05, 3.63) is 35.9 Å². The molecular formula is C16H24N4O2S. The van der Waals surface area contributed by atoms with Gasteiger partial charge in [-0.25, -0.2) is 0 Å². The molecule has 0 unspecified atom stereocenters. The van der Waals surface area contributed by atoms with Crippen LogP contribution in [0.4, 0.5) is 0 Å². The molecule has 4 N–H and O–H groups in total. The molecule has 6 nitrogen and oxygen atoms in total. The molecule has 0 fully saturated rings. The fraction of sp³-hybridized carbons (Fsp3) is 0.438. The van der Waals surface area contributed by atoms with Gasteiger partial charge in [0.2, 0.25) is 0 Å². The standard InChI is InChI=1S/C16H24N4O2S/c1-4-11(3)13(15(22)19-20-16(23)17-5-2)18-14(21)12-9-7-6-8-10-12/h6-11,13H,4-5H2,1-3H3,(H,18,21)(H,19,22)(H2,17,20,23)/t11-,13-/m0/s1. The Bertz CT molecular complexity index is 536. The maximum absolute atomic E-state index is 12.3. The van der Waals surface area contributed by atoms with Gasteiger partial charge in [0.1, 0.15) is 6.04 Å². The second-order valence-electron chi connectivity index (χ2n) is 5.18. The molecule has 0 aromatic heterocycles. The third kappa shape index (κ3) is 6.23. The highest BCUT2D eigenvalue weighted by atomic mass is 32.1. The summed E-state index contributed by atoms with van der Waals surface area (Å²) in [5.41, 5.74) is 5.68. The van der Waals surface area contributed by atoms with Crippen LogP contribution in [-0.4, -0.2) is 29.5 Å². The number of rotatable bonds is 6. The van der Waals surface area contributed by atoms with E-state index in [0.717, 1.165) is 6.42 Å². The van der Waals surface area contributed by atoms with Gasteiger partial charge in [0.15, 0.2) is 5.11 Å². The Balaban J connectivity index is 2.70. The van der Waals surface area contributed by atoms with E-state index in [1.807, 2.05) is 26.8 Å². The quantitative estimate of drug-likeness (QED) is 0.466. The van der Waals surface area contributed by atoms with Crippen LogP contribution in [0.3, 0.4) is 0 Å². The van der Waals surface area contributed by atoms with Crippen molar-refractivity contribution >= 4 is 29.1 Å². The molecule has 0 aliphatic carbocycles. The Hall–Kier alpha value is -2.15. The van der Waals surface area contributed by atoms with Gasteiger partial charge in [0.25, 0.3) is 11.8 Å². The second-order valence-corrected chi connectivity index (χ2v) is 5.58. The molecule has 23 heavy (non-hydrogen) atoms. The van der Waals surface area contributed by atoms with Crippen LogP contribution in [0.2, 0.25) is 0 Å². The van der Waals surface area contributed by atoms with Crippen LogP contribution in [0.1, 0.15) is 37.6 Å². The lowest BCUT2D eigenvalue weighted by Gasteiger charge is -2.24. The van der Waals surface area contributed by atoms with Gasteiger partial charge < -0.3 is 10.6 Å². The molecule has 0 saturated heterocycles. The molecule has 0 saturated carbocycles. The highest BCUT2D eigenvalue weighted by molar-refractivity contribution is 7.80. The zero-order valence-electron chi connectivity index (χ0n) is 13.7. The summed E-state index contributed by atoms with van der Waals surface area (Å²) in [6.45, 7) is 6.44. The van der Waals surface area contributed by atoms with Crippen molar-refractivity contribution < 1.29 is 9.59 Å². The van der Waals surface area contributed by atoms with Crippen LogP contribution in [0.5, 0.6) is 0 Å². The summed E-state index contributed by atoms with van der Waals surface area (Å²) in [5, 5.41) is 5.98. The van der Waals surface area contributed by atoms with Crippen LogP contribution in [0.25, 0.3) is 0 Å². The summed E-state index contributed by atoms with van der Waals surface area (Å²) >= 11 is 4.99. The smallest absolute Gasteiger partial charge is 0.261 e. The third-order valence-corrected chi connectivity index (χ3v) is 3.70. The van der Waals surface area contributed by atoms with Gasteiger partial charge in [0, 0.05) is 12.1 Å². The monoisotopic (exact) mass is 336 g/mol. The van der Waals surface area contributed by atoms with E-state index in [4.69, 9.17) is 12.2 Å². The number of carbonyl (C=O) groups excluding carboxylic acids is 2. The molecule has 0 aliphatic heterocycles. The van der Waals surface area contributed by atoms with Crippen molar-refractivity contribution in [3.8, 4) is 0 Å². The zero-order chi connectivity index (χ0) is 17.2. The Morgan fingerprint density at radius 3 is 2.35 bits per heavy atom. The summed E-state index contributed by atoms with van der Waals surface area (Å²) in [6, 6.07) is 8.16. The summed E-state index contributed by atoms with van der Waals surface area (Å²) in [4.78, 5) is 24.6. The van der Waals surface area contributed by atoms with Crippen molar-refractivity contribution in [1.29, 1.82) is 0 Å². The summed E-state index contributed by atoms with van der Waals surface area (Å²) in [5.74, 6) is -0.624. The number of hydrogen-bond acceptors (Lipinski definition) is 3. The van der Waals surface area contributed by atoms with Crippen molar-refractivity contribution in [1.82, 2.24) is 21.5 Å². The van der Waals surface area contributed by atoms with E-state index in [1.54, 1.807) is 24.3 Å². The van der Waals surface area contributed by atoms with Gasteiger partial charge in [0.05, 0.1) is 0 Å². The lowest BCUT2D eigenvalue weighted by molar-refractivity contribution is -0.124. The van der Waals surface area contributed by atoms with Crippen molar-refractivity contribution in [2.24, 2.45) is 5.92 Å². The fourth-order valence-electron chi connectivity index (χ4n) is 1.92. The van der Waals surface area contributed by atoms with E-state index in [2.05, 4.69) is 21.5 Å². The van der Waals surface area contributed by atoms with Crippen LogP contribution >= 0.6 is 12.2 Å². The number of hydrogen-bond donors (Lipinski definition) is 4. The molecule has 7 heteroatoms. The minimum absolute atomic E-state index is 0.0165. The lowest BCUT2D eigenvalue weighted by atomic mass is 9.98. The number of benzene rings is 1. The highest BCUT2D eigenvalue weighted by Crippen LogP contribution is 2.09. The van der Waals surface area contributed by atoms with Crippen LogP contribution in [-0.2, 0) is 4.79 Å². The Morgan fingerprint density at radius 2 is 1.78 bits per heavy atom. The Morgan fingerprint density at radius 1 is 1.13 bits per heavy atom. The first-order valence-corrected chi connectivity index (χ1v) is 8.10. The van der Waals surface area contributed by atoms with Crippen LogP contribution in [0.15, 0.2) is 30.3 Å². The Labute approximate surface area is 142 Å². The summed E-state index contributed by atoms with van der Waals surface area (Å²) in [6.07, 6.45) is 0.755. The van der Waals surface area contributed by atoms with Gasteiger partial charge in [-0.2, -0.15) is 0 Å². The predicted molar refractivity (Wildman–Crippen MR) is 94.7 cm³/mol. The molecule has 1 aromatic carbocycles. The van der Waals surface area contributed by atoms with Crippen molar-refractivity contribution in [3.63, 3.8) is 0 Å². The van der Waals surface area contributed by atoms with Crippen molar-refractivity contribution in [2.45, 2.75) is 33.2 Å². The van der Waals surface area contributed by atoms with Gasteiger partial charge in [-0.05, 0) is 37.2 Å². The molecule has 0 aliphatic rings. The van der Waals surface area contributed by atoms with Gasteiger partial charge in [-0.15, -0.1) is 0 Å². The first-order valence-electron chi connectivity index (χ1n) is 7.69. The van der Waals surface area contributed by atoms with Gasteiger partial charge >= 0.3 is 0 Å².